The average Bonchev–Trinajstić information content (AvgIpc) is 2.40. The van der Waals surface area contributed by atoms with E-state index in [-0.39, 0.29) is 0 Å². The Bertz CT molecular complexity index is 542. The number of hydrogen-bond acceptors (Lipinski definition) is 3. The van der Waals surface area contributed by atoms with Gasteiger partial charge < -0.3 is 11.1 Å². The highest BCUT2D eigenvalue weighted by Crippen LogP contribution is 2.16. The summed E-state index contributed by atoms with van der Waals surface area (Å²) in [5.74, 6) is 0. The number of pyridine rings is 1. The second kappa shape index (κ2) is 6.55. The molecule has 0 aliphatic rings. The van der Waals surface area contributed by atoms with E-state index in [9.17, 15) is 0 Å². The Morgan fingerprint density at radius 1 is 1.32 bits per heavy atom. The number of aromatic nitrogens is 1. The molecule has 1 aromatic heterocycles. The fraction of sp³-hybridized carbons (Fsp3) is 0.267. The molecule has 1 atom stereocenters. The van der Waals surface area contributed by atoms with Gasteiger partial charge in [0.2, 0.25) is 0 Å². The fourth-order valence-electron chi connectivity index (χ4n) is 2.10. The number of rotatable bonds is 5. The fourth-order valence-corrected chi connectivity index (χ4v) is 2.31. The van der Waals surface area contributed by atoms with E-state index in [0.717, 1.165) is 29.1 Å². The molecule has 1 heterocycles. The van der Waals surface area contributed by atoms with Crippen molar-refractivity contribution in [2.75, 3.05) is 12.8 Å². The van der Waals surface area contributed by atoms with Gasteiger partial charge in [-0.3, -0.25) is 4.98 Å². The zero-order valence-corrected chi connectivity index (χ0v) is 11.7. The van der Waals surface area contributed by atoms with Crippen LogP contribution in [0, 0.1) is 0 Å². The lowest BCUT2D eigenvalue weighted by Gasteiger charge is -2.17. The molecule has 0 aliphatic heterocycles. The molecule has 100 valence electrons. The van der Waals surface area contributed by atoms with Crippen molar-refractivity contribution in [3.63, 3.8) is 0 Å². The van der Waals surface area contributed by atoms with Crippen molar-refractivity contribution in [1.82, 2.24) is 10.3 Å². The smallest absolute Gasteiger partial charge is 0.0408 e. The van der Waals surface area contributed by atoms with Crippen molar-refractivity contribution in [3.05, 3.63) is 58.9 Å². The van der Waals surface area contributed by atoms with E-state index in [4.69, 9.17) is 17.3 Å². The second-order valence-electron chi connectivity index (χ2n) is 4.60. The number of nitrogens with one attached hydrogen (secondary N) is 1. The maximum absolute atomic E-state index is 6.01. The van der Waals surface area contributed by atoms with E-state index in [1.54, 1.807) is 6.20 Å². The average molecular weight is 276 g/mol. The standard InChI is InChI=1S/C15H18ClN3/c1-18-14(8-11-3-2-4-13(16)7-11)9-12-10-19-6-5-15(12)17/h2-7,10,14,18H,8-9H2,1H3,(H2,17,19). The maximum atomic E-state index is 6.01. The summed E-state index contributed by atoms with van der Waals surface area (Å²) in [5.41, 5.74) is 9.04. The van der Waals surface area contributed by atoms with E-state index >= 15 is 0 Å². The molecule has 0 radical (unpaired) electrons. The molecular weight excluding hydrogens is 258 g/mol. The Morgan fingerprint density at radius 2 is 2.16 bits per heavy atom. The molecule has 0 saturated heterocycles. The van der Waals surface area contributed by atoms with E-state index in [1.807, 2.05) is 37.5 Å². The molecule has 1 aromatic carbocycles. The predicted molar refractivity (Wildman–Crippen MR) is 80.4 cm³/mol. The first kappa shape index (κ1) is 13.8. The monoisotopic (exact) mass is 275 g/mol. The van der Waals surface area contributed by atoms with Gasteiger partial charge in [0.1, 0.15) is 0 Å². The second-order valence-corrected chi connectivity index (χ2v) is 5.03. The third-order valence-electron chi connectivity index (χ3n) is 3.19. The first-order valence-corrected chi connectivity index (χ1v) is 6.67. The Morgan fingerprint density at radius 3 is 2.84 bits per heavy atom. The molecular formula is C15H18ClN3. The molecule has 0 aliphatic carbocycles. The molecule has 0 spiro atoms. The summed E-state index contributed by atoms with van der Waals surface area (Å²) in [6.45, 7) is 0. The summed E-state index contributed by atoms with van der Waals surface area (Å²) in [5, 5.41) is 4.09. The topological polar surface area (TPSA) is 50.9 Å². The molecule has 19 heavy (non-hydrogen) atoms. The van der Waals surface area contributed by atoms with Gasteiger partial charge in [-0.05, 0) is 49.2 Å². The molecule has 0 amide bonds. The molecule has 0 bridgehead atoms. The van der Waals surface area contributed by atoms with E-state index in [2.05, 4.69) is 16.4 Å². The normalized spacial score (nSPS) is 12.3. The molecule has 3 N–H and O–H groups in total. The Kier molecular flexibility index (Phi) is 4.77. The van der Waals surface area contributed by atoms with Crippen LogP contribution >= 0.6 is 11.6 Å². The summed E-state index contributed by atoms with van der Waals surface area (Å²) in [4.78, 5) is 4.13. The summed E-state index contributed by atoms with van der Waals surface area (Å²) >= 11 is 6.01. The van der Waals surface area contributed by atoms with Crippen molar-refractivity contribution < 1.29 is 0 Å². The number of benzene rings is 1. The number of nitrogens with two attached hydrogens (primary N) is 1. The zero-order valence-electron chi connectivity index (χ0n) is 10.9. The first-order valence-electron chi connectivity index (χ1n) is 6.29. The minimum absolute atomic E-state index is 0.310. The number of nitrogens with zero attached hydrogens (tertiary/aromatic N) is 1. The summed E-state index contributed by atoms with van der Waals surface area (Å²) in [7, 11) is 1.96. The maximum Gasteiger partial charge on any atom is 0.0408 e. The highest BCUT2D eigenvalue weighted by atomic mass is 35.5. The van der Waals surface area contributed by atoms with Crippen LogP contribution in [0.4, 0.5) is 5.69 Å². The van der Waals surface area contributed by atoms with Gasteiger partial charge in [-0.15, -0.1) is 0 Å². The minimum atomic E-state index is 0.310. The van der Waals surface area contributed by atoms with Crippen molar-refractivity contribution in [1.29, 1.82) is 0 Å². The predicted octanol–water partition coefficient (Wildman–Crippen LogP) is 2.69. The van der Waals surface area contributed by atoms with Gasteiger partial charge >= 0.3 is 0 Å². The summed E-state index contributed by atoms with van der Waals surface area (Å²) in [6.07, 6.45) is 5.30. The first-order chi connectivity index (χ1) is 9.19. The third-order valence-corrected chi connectivity index (χ3v) is 3.42. The molecule has 4 heteroatoms. The summed E-state index contributed by atoms with van der Waals surface area (Å²) < 4.78 is 0. The molecule has 0 fully saturated rings. The Hall–Kier alpha value is -1.58. The van der Waals surface area contributed by atoms with E-state index in [0.29, 0.717) is 6.04 Å². The molecule has 2 aromatic rings. The Balaban J connectivity index is 2.07. The van der Waals surface area contributed by atoms with Crippen LogP contribution in [0.25, 0.3) is 0 Å². The quantitative estimate of drug-likeness (QED) is 0.882. The third kappa shape index (κ3) is 3.94. The van der Waals surface area contributed by atoms with Gasteiger partial charge in [0.15, 0.2) is 0 Å². The van der Waals surface area contributed by atoms with Gasteiger partial charge in [-0.1, -0.05) is 23.7 Å². The van der Waals surface area contributed by atoms with Gasteiger partial charge in [-0.2, -0.15) is 0 Å². The van der Waals surface area contributed by atoms with Crippen LogP contribution in [-0.4, -0.2) is 18.1 Å². The SMILES string of the molecule is CNC(Cc1cccc(Cl)c1)Cc1cnccc1N. The van der Waals surface area contributed by atoms with Crippen LogP contribution < -0.4 is 11.1 Å². The van der Waals surface area contributed by atoms with Gasteiger partial charge in [0, 0.05) is 29.1 Å². The Labute approximate surface area is 118 Å². The van der Waals surface area contributed by atoms with Crippen LogP contribution in [-0.2, 0) is 12.8 Å². The van der Waals surface area contributed by atoms with Crippen molar-refractivity contribution in [3.8, 4) is 0 Å². The highest BCUT2D eigenvalue weighted by molar-refractivity contribution is 6.30. The number of halogens is 1. The van der Waals surface area contributed by atoms with Crippen LogP contribution in [0.1, 0.15) is 11.1 Å². The zero-order chi connectivity index (χ0) is 13.7. The van der Waals surface area contributed by atoms with Crippen molar-refractivity contribution in [2.45, 2.75) is 18.9 Å². The number of likely N-dealkylation sites (N-methyl/N-ethyl adjacent to an activating group) is 1. The van der Waals surface area contributed by atoms with Crippen LogP contribution in [0.3, 0.4) is 0 Å². The lowest BCUT2D eigenvalue weighted by Crippen LogP contribution is -2.30. The number of hydrogen-bond donors (Lipinski definition) is 2. The van der Waals surface area contributed by atoms with Gasteiger partial charge in [-0.25, -0.2) is 0 Å². The minimum Gasteiger partial charge on any atom is -0.398 e. The molecule has 0 saturated carbocycles. The number of anilines is 1. The molecule has 3 nitrogen and oxygen atoms in total. The summed E-state index contributed by atoms with van der Waals surface area (Å²) in [6, 6.07) is 10.1. The molecule has 1 unspecified atom stereocenters. The van der Waals surface area contributed by atoms with Gasteiger partial charge in [0.25, 0.3) is 0 Å². The largest absolute Gasteiger partial charge is 0.398 e. The highest BCUT2D eigenvalue weighted by Gasteiger charge is 2.10. The van der Waals surface area contributed by atoms with Crippen molar-refractivity contribution in [2.24, 2.45) is 0 Å². The van der Waals surface area contributed by atoms with E-state index in [1.165, 1.54) is 5.56 Å². The van der Waals surface area contributed by atoms with E-state index < -0.39 is 0 Å². The van der Waals surface area contributed by atoms with Gasteiger partial charge in [0.05, 0.1) is 0 Å². The molecule has 2 rings (SSSR count). The lowest BCUT2D eigenvalue weighted by atomic mass is 9.99. The van der Waals surface area contributed by atoms with Crippen LogP contribution in [0.15, 0.2) is 42.7 Å². The van der Waals surface area contributed by atoms with Crippen LogP contribution in [0.5, 0.6) is 0 Å². The number of nitrogen functional groups attached to an aromatic ring is 1. The lowest BCUT2D eigenvalue weighted by molar-refractivity contribution is 0.556. The van der Waals surface area contributed by atoms with Crippen molar-refractivity contribution >= 4 is 17.3 Å². The van der Waals surface area contributed by atoms with Crippen LogP contribution in [0.2, 0.25) is 5.02 Å².